The molecule has 15 heavy (non-hydrogen) atoms. The molecule has 3 atom stereocenters. The van der Waals surface area contributed by atoms with Crippen molar-refractivity contribution in [3.63, 3.8) is 0 Å². The van der Waals surface area contributed by atoms with Crippen molar-refractivity contribution in [2.75, 3.05) is 19.7 Å². The first-order chi connectivity index (χ1) is 7.12. The van der Waals surface area contributed by atoms with Gasteiger partial charge >= 0.3 is 0 Å². The van der Waals surface area contributed by atoms with Gasteiger partial charge in [0, 0.05) is 13.2 Å². The van der Waals surface area contributed by atoms with E-state index in [0.717, 1.165) is 32.5 Å². The minimum atomic E-state index is -0.167. The summed E-state index contributed by atoms with van der Waals surface area (Å²) in [6.07, 6.45) is 1.99. The van der Waals surface area contributed by atoms with E-state index < -0.39 is 0 Å². The van der Waals surface area contributed by atoms with Crippen LogP contribution in [0.25, 0.3) is 0 Å². The number of carbonyl (C=O) groups excluding carboxylic acids is 1. The molecule has 0 aromatic heterocycles. The van der Waals surface area contributed by atoms with E-state index in [-0.39, 0.29) is 23.5 Å². The molecular weight excluding hydrogens is 192 g/mol. The molecule has 2 rings (SSSR count). The molecule has 0 aromatic carbocycles. The molecule has 0 spiro atoms. The molecule has 4 heteroatoms. The number of rotatable bonds is 2. The lowest BCUT2D eigenvalue weighted by atomic mass is 9.93. The van der Waals surface area contributed by atoms with Gasteiger partial charge in [-0.25, -0.2) is 0 Å². The fourth-order valence-corrected chi connectivity index (χ4v) is 2.26. The largest absolute Gasteiger partial charge is 0.376 e. The third kappa shape index (κ3) is 2.16. The summed E-state index contributed by atoms with van der Waals surface area (Å²) in [5, 5.41) is 6.35. The second kappa shape index (κ2) is 4.10. The lowest BCUT2D eigenvalue weighted by molar-refractivity contribution is -0.126. The Bertz CT molecular complexity index is 251. The average Bonchev–Trinajstić information content (AvgIpc) is 2.78. The monoisotopic (exact) mass is 212 g/mol. The molecule has 4 nitrogen and oxygen atoms in total. The van der Waals surface area contributed by atoms with Gasteiger partial charge in [-0.1, -0.05) is 0 Å². The molecule has 2 aliphatic heterocycles. The Balaban J connectivity index is 1.92. The summed E-state index contributed by atoms with van der Waals surface area (Å²) in [5.41, 5.74) is -0.167. The second-order valence-electron chi connectivity index (χ2n) is 4.86. The predicted octanol–water partition coefficient (Wildman–Crippen LogP) is 0.280. The molecule has 2 saturated heterocycles. The fourth-order valence-electron chi connectivity index (χ4n) is 2.26. The zero-order valence-electron chi connectivity index (χ0n) is 9.51. The maximum Gasteiger partial charge on any atom is 0.224 e. The van der Waals surface area contributed by atoms with Crippen LogP contribution in [0.1, 0.15) is 26.7 Å². The van der Waals surface area contributed by atoms with E-state index in [1.54, 1.807) is 0 Å². The topological polar surface area (TPSA) is 50.4 Å². The fraction of sp³-hybridized carbons (Fsp3) is 0.909. The van der Waals surface area contributed by atoms with Crippen molar-refractivity contribution in [1.82, 2.24) is 10.6 Å². The van der Waals surface area contributed by atoms with Crippen LogP contribution >= 0.6 is 0 Å². The molecule has 0 bridgehead atoms. The van der Waals surface area contributed by atoms with E-state index in [2.05, 4.69) is 17.6 Å². The van der Waals surface area contributed by atoms with Gasteiger partial charge in [0.25, 0.3) is 0 Å². The van der Waals surface area contributed by atoms with Gasteiger partial charge in [0.1, 0.15) is 0 Å². The maximum absolute atomic E-state index is 11.9. The van der Waals surface area contributed by atoms with Crippen LogP contribution in [0.2, 0.25) is 0 Å². The molecule has 2 N–H and O–H groups in total. The van der Waals surface area contributed by atoms with Crippen molar-refractivity contribution in [2.45, 2.75) is 38.3 Å². The van der Waals surface area contributed by atoms with Crippen molar-refractivity contribution in [1.29, 1.82) is 0 Å². The molecule has 3 unspecified atom stereocenters. The van der Waals surface area contributed by atoms with Crippen LogP contribution < -0.4 is 10.6 Å². The average molecular weight is 212 g/mol. The zero-order chi connectivity index (χ0) is 10.9. The molecule has 0 saturated carbocycles. The highest BCUT2D eigenvalue weighted by Crippen LogP contribution is 2.25. The number of nitrogens with one attached hydrogen (secondary N) is 2. The standard InChI is InChI=1S/C11H20N2O2/c1-8-11(2,4-6-15-8)13-10(14)9-3-5-12-7-9/h8-9,12H,3-7H2,1-2H3,(H,13,14). The van der Waals surface area contributed by atoms with Gasteiger partial charge in [-0.2, -0.15) is 0 Å². The smallest absolute Gasteiger partial charge is 0.224 e. The van der Waals surface area contributed by atoms with Crippen LogP contribution in [0.5, 0.6) is 0 Å². The number of hydrogen-bond donors (Lipinski definition) is 2. The Morgan fingerprint density at radius 2 is 2.40 bits per heavy atom. The predicted molar refractivity (Wildman–Crippen MR) is 57.6 cm³/mol. The van der Waals surface area contributed by atoms with E-state index in [4.69, 9.17) is 4.74 Å². The highest BCUT2D eigenvalue weighted by molar-refractivity contribution is 5.80. The first kappa shape index (κ1) is 10.9. The van der Waals surface area contributed by atoms with Gasteiger partial charge in [-0.15, -0.1) is 0 Å². The molecule has 86 valence electrons. The second-order valence-corrected chi connectivity index (χ2v) is 4.86. The highest BCUT2D eigenvalue weighted by Gasteiger charge is 2.39. The number of carbonyl (C=O) groups is 1. The van der Waals surface area contributed by atoms with E-state index in [9.17, 15) is 4.79 Å². The summed E-state index contributed by atoms with van der Waals surface area (Å²) in [4.78, 5) is 11.9. The van der Waals surface area contributed by atoms with Crippen molar-refractivity contribution >= 4 is 5.91 Å². The summed E-state index contributed by atoms with van der Waals surface area (Å²) in [6.45, 7) is 6.63. The van der Waals surface area contributed by atoms with Gasteiger partial charge < -0.3 is 15.4 Å². The van der Waals surface area contributed by atoms with Crippen LogP contribution in [-0.2, 0) is 9.53 Å². The summed E-state index contributed by atoms with van der Waals surface area (Å²) >= 11 is 0. The minimum Gasteiger partial charge on any atom is -0.376 e. The van der Waals surface area contributed by atoms with Crippen LogP contribution in [0.15, 0.2) is 0 Å². The van der Waals surface area contributed by atoms with Gasteiger partial charge in [-0.3, -0.25) is 4.79 Å². The third-order valence-corrected chi connectivity index (χ3v) is 3.73. The molecular formula is C11H20N2O2. The van der Waals surface area contributed by atoms with Gasteiger partial charge in [0.2, 0.25) is 5.91 Å². The summed E-state index contributed by atoms with van der Waals surface area (Å²) in [7, 11) is 0. The van der Waals surface area contributed by atoms with Gasteiger partial charge in [0.05, 0.1) is 17.6 Å². The third-order valence-electron chi connectivity index (χ3n) is 3.73. The maximum atomic E-state index is 11.9. The van der Waals surface area contributed by atoms with Crippen LogP contribution in [0.3, 0.4) is 0 Å². The first-order valence-electron chi connectivity index (χ1n) is 5.76. The number of hydrogen-bond acceptors (Lipinski definition) is 3. The van der Waals surface area contributed by atoms with Crippen molar-refractivity contribution in [2.24, 2.45) is 5.92 Å². The quantitative estimate of drug-likeness (QED) is 0.691. The summed E-state index contributed by atoms with van der Waals surface area (Å²) in [6, 6.07) is 0. The number of ether oxygens (including phenoxy) is 1. The minimum absolute atomic E-state index is 0.121. The summed E-state index contributed by atoms with van der Waals surface area (Å²) < 4.78 is 5.50. The first-order valence-corrected chi connectivity index (χ1v) is 5.76. The van der Waals surface area contributed by atoms with Gasteiger partial charge in [-0.05, 0) is 33.2 Å². The van der Waals surface area contributed by atoms with Crippen molar-refractivity contribution in [3.05, 3.63) is 0 Å². The van der Waals surface area contributed by atoms with Crippen molar-refractivity contribution < 1.29 is 9.53 Å². The molecule has 0 aromatic rings. The molecule has 2 fully saturated rings. The van der Waals surface area contributed by atoms with E-state index in [0.29, 0.717) is 0 Å². The lowest BCUT2D eigenvalue weighted by Crippen LogP contribution is -2.52. The number of amides is 1. The van der Waals surface area contributed by atoms with Crippen LogP contribution in [0.4, 0.5) is 0 Å². The Labute approximate surface area is 90.8 Å². The Morgan fingerprint density at radius 3 is 2.93 bits per heavy atom. The molecule has 2 heterocycles. The Hall–Kier alpha value is -0.610. The van der Waals surface area contributed by atoms with Crippen LogP contribution in [-0.4, -0.2) is 37.2 Å². The molecule has 0 aliphatic carbocycles. The molecule has 1 amide bonds. The molecule has 0 radical (unpaired) electrons. The zero-order valence-corrected chi connectivity index (χ0v) is 9.51. The van der Waals surface area contributed by atoms with Crippen molar-refractivity contribution in [3.8, 4) is 0 Å². The normalized spacial score (nSPS) is 40.7. The summed E-state index contributed by atoms with van der Waals surface area (Å²) in [5.74, 6) is 0.328. The highest BCUT2D eigenvalue weighted by atomic mass is 16.5. The van der Waals surface area contributed by atoms with E-state index in [1.165, 1.54) is 0 Å². The SMILES string of the molecule is CC1OCCC1(C)NC(=O)C1CCNC1. The Kier molecular flexibility index (Phi) is 2.98. The lowest BCUT2D eigenvalue weighted by Gasteiger charge is -2.30. The van der Waals surface area contributed by atoms with E-state index in [1.807, 2.05) is 6.92 Å². The molecule has 2 aliphatic rings. The Morgan fingerprint density at radius 1 is 1.60 bits per heavy atom. The van der Waals surface area contributed by atoms with Gasteiger partial charge in [0.15, 0.2) is 0 Å². The van der Waals surface area contributed by atoms with Crippen LogP contribution in [0, 0.1) is 5.92 Å². The van der Waals surface area contributed by atoms with E-state index >= 15 is 0 Å².